The van der Waals surface area contributed by atoms with Crippen LogP contribution >= 0.6 is 0 Å². The van der Waals surface area contributed by atoms with Crippen LogP contribution in [0.1, 0.15) is 6.92 Å². The summed E-state index contributed by atoms with van der Waals surface area (Å²) in [5.41, 5.74) is 0. The number of likely N-dealkylation sites (N-methyl/N-ethyl adjacent to an activating group) is 1. The van der Waals surface area contributed by atoms with E-state index in [4.69, 9.17) is 0 Å². The van der Waals surface area contributed by atoms with Crippen LogP contribution in [0.4, 0.5) is 0 Å². The van der Waals surface area contributed by atoms with Gasteiger partial charge in [0, 0.05) is 32.7 Å². The molecule has 1 saturated heterocycles. The molecule has 1 atom stereocenters. The van der Waals surface area contributed by atoms with Crippen molar-refractivity contribution in [2.24, 2.45) is 5.92 Å². The Morgan fingerprint density at radius 2 is 1.92 bits per heavy atom. The number of rotatable bonds is 0. The van der Waals surface area contributed by atoms with Crippen LogP contribution in [0.25, 0.3) is 0 Å². The van der Waals surface area contributed by atoms with Crippen molar-refractivity contribution >= 4 is 0 Å². The van der Waals surface area contributed by atoms with Crippen molar-refractivity contribution in [2.45, 2.75) is 6.92 Å². The Bertz CT molecular complexity index is 104. The normalized spacial score (nSPS) is 30.0. The Kier molecular flexibility index (Phi) is 4.58. The van der Waals surface area contributed by atoms with Crippen LogP contribution < -0.4 is 10.6 Å². The van der Waals surface area contributed by atoms with Gasteiger partial charge < -0.3 is 15.5 Å². The van der Waals surface area contributed by atoms with Crippen LogP contribution in [0.2, 0.25) is 0 Å². The molecule has 0 amide bonds. The first-order valence-electron chi connectivity index (χ1n) is 4.89. The summed E-state index contributed by atoms with van der Waals surface area (Å²) in [7, 11) is 2.19. The number of hydrogen-bond acceptors (Lipinski definition) is 3. The molecule has 1 rings (SSSR count). The van der Waals surface area contributed by atoms with E-state index in [2.05, 4.69) is 29.5 Å². The van der Waals surface area contributed by atoms with E-state index >= 15 is 0 Å². The van der Waals surface area contributed by atoms with Crippen molar-refractivity contribution < 1.29 is 0 Å². The molecule has 1 fully saturated rings. The Morgan fingerprint density at radius 1 is 1.17 bits per heavy atom. The van der Waals surface area contributed by atoms with E-state index in [1.807, 2.05) is 0 Å². The van der Waals surface area contributed by atoms with Gasteiger partial charge in [-0.2, -0.15) is 0 Å². The third-order valence-electron chi connectivity index (χ3n) is 2.27. The molecule has 1 unspecified atom stereocenters. The summed E-state index contributed by atoms with van der Waals surface area (Å²) in [6.07, 6.45) is 0. The van der Waals surface area contributed by atoms with Gasteiger partial charge in [0.2, 0.25) is 0 Å². The highest BCUT2D eigenvalue weighted by molar-refractivity contribution is 4.65. The second-order valence-electron chi connectivity index (χ2n) is 3.82. The van der Waals surface area contributed by atoms with Gasteiger partial charge >= 0.3 is 0 Å². The van der Waals surface area contributed by atoms with Gasteiger partial charge in [0.1, 0.15) is 0 Å². The highest BCUT2D eigenvalue weighted by Gasteiger charge is 2.06. The molecule has 0 aromatic rings. The molecule has 3 nitrogen and oxygen atoms in total. The van der Waals surface area contributed by atoms with Crippen LogP contribution in [0.3, 0.4) is 0 Å². The molecule has 1 heterocycles. The van der Waals surface area contributed by atoms with Crippen molar-refractivity contribution in [3.8, 4) is 0 Å². The molecule has 0 spiro atoms. The summed E-state index contributed by atoms with van der Waals surface area (Å²) in [5.74, 6) is 0.771. The molecular weight excluding hydrogens is 150 g/mol. The lowest BCUT2D eigenvalue weighted by molar-refractivity contribution is 0.273. The predicted octanol–water partition coefficient (Wildman–Crippen LogP) is -0.253. The Hall–Kier alpha value is -0.120. The monoisotopic (exact) mass is 171 g/mol. The van der Waals surface area contributed by atoms with Gasteiger partial charge in [0.05, 0.1) is 0 Å². The van der Waals surface area contributed by atoms with Crippen molar-refractivity contribution in [1.29, 1.82) is 0 Å². The maximum Gasteiger partial charge on any atom is 0.0104 e. The van der Waals surface area contributed by atoms with E-state index in [-0.39, 0.29) is 0 Å². The molecule has 3 heteroatoms. The summed E-state index contributed by atoms with van der Waals surface area (Å²) in [6, 6.07) is 0. The minimum absolute atomic E-state index is 0.771. The molecule has 0 aliphatic carbocycles. The van der Waals surface area contributed by atoms with Gasteiger partial charge in [-0.1, -0.05) is 6.92 Å². The van der Waals surface area contributed by atoms with Gasteiger partial charge in [0.25, 0.3) is 0 Å². The van der Waals surface area contributed by atoms with E-state index in [0.29, 0.717) is 0 Å². The summed E-state index contributed by atoms with van der Waals surface area (Å²) in [5, 5.41) is 6.83. The molecule has 0 radical (unpaired) electrons. The molecule has 12 heavy (non-hydrogen) atoms. The first kappa shape index (κ1) is 9.96. The zero-order chi connectivity index (χ0) is 8.81. The van der Waals surface area contributed by atoms with Gasteiger partial charge in [0.15, 0.2) is 0 Å². The van der Waals surface area contributed by atoms with E-state index < -0.39 is 0 Å². The van der Waals surface area contributed by atoms with E-state index in [1.54, 1.807) is 0 Å². The van der Waals surface area contributed by atoms with Crippen molar-refractivity contribution in [2.75, 3.05) is 46.3 Å². The van der Waals surface area contributed by atoms with Crippen LogP contribution in [-0.4, -0.2) is 51.2 Å². The fourth-order valence-corrected chi connectivity index (χ4v) is 1.61. The minimum Gasteiger partial charge on any atom is -0.315 e. The van der Waals surface area contributed by atoms with Crippen molar-refractivity contribution in [3.05, 3.63) is 0 Å². The molecule has 1 aliphatic rings. The first-order chi connectivity index (χ1) is 5.79. The van der Waals surface area contributed by atoms with Gasteiger partial charge in [-0.05, 0) is 19.5 Å². The third-order valence-corrected chi connectivity index (χ3v) is 2.27. The Morgan fingerprint density at radius 3 is 2.75 bits per heavy atom. The zero-order valence-electron chi connectivity index (χ0n) is 8.27. The molecule has 72 valence electrons. The number of nitrogens with zero attached hydrogens (tertiary/aromatic N) is 1. The topological polar surface area (TPSA) is 27.3 Å². The molecule has 0 aromatic heterocycles. The average Bonchev–Trinajstić information content (AvgIpc) is 2.02. The van der Waals surface area contributed by atoms with Gasteiger partial charge in [-0.15, -0.1) is 0 Å². The van der Waals surface area contributed by atoms with Crippen molar-refractivity contribution in [3.63, 3.8) is 0 Å². The first-order valence-corrected chi connectivity index (χ1v) is 4.89. The molecule has 0 aromatic carbocycles. The number of hydrogen-bond donors (Lipinski definition) is 2. The van der Waals surface area contributed by atoms with E-state index in [9.17, 15) is 0 Å². The van der Waals surface area contributed by atoms with Crippen LogP contribution in [-0.2, 0) is 0 Å². The standard InChI is InChI=1S/C9H21N3/c1-9-7-11-4-3-10-5-6-12(2)8-9/h9-11H,3-8H2,1-2H3. The average molecular weight is 171 g/mol. The third kappa shape index (κ3) is 4.04. The lowest BCUT2D eigenvalue weighted by Crippen LogP contribution is -2.40. The van der Waals surface area contributed by atoms with Gasteiger partial charge in [-0.3, -0.25) is 0 Å². The molecule has 0 saturated carbocycles. The maximum atomic E-state index is 3.44. The lowest BCUT2D eigenvalue weighted by Gasteiger charge is -2.23. The fraction of sp³-hybridized carbons (Fsp3) is 1.00. The molecular formula is C9H21N3. The Balaban J connectivity index is 2.24. The van der Waals surface area contributed by atoms with Crippen molar-refractivity contribution in [1.82, 2.24) is 15.5 Å². The van der Waals surface area contributed by atoms with Crippen LogP contribution in [0, 0.1) is 5.92 Å². The lowest BCUT2D eigenvalue weighted by atomic mass is 10.1. The van der Waals surface area contributed by atoms with Crippen LogP contribution in [0.5, 0.6) is 0 Å². The summed E-state index contributed by atoms with van der Waals surface area (Å²) >= 11 is 0. The minimum atomic E-state index is 0.771. The Labute approximate surface area is 75.5 Å². The zero-order valence-corrected chi connectivity index (χ0v) is 8.27. The van der Waals surface area contributed by atoms with Gasteiger partial charge in [-0.25, -0.2) is 0 Å². The summed E-state index contributed by atoms with van der Waals surface area (Å²) < 4.78 is 0. The second-order valence-corrected chi connectivity index (χ2v) is 3.82. The fourth-order valence-electron chi connectivity index (χ4n) is 1.61. The smallest absolute Gasteiger partial charge is 0.0104 e. The summed E-state index contributed by atoms with van der Waals surface area (Å²) in [4.78, 5) is 2.39. The molecule has 2 N–H and O–H groups in total. The highest BCUT2D eigenvalue weighted by Crippen LogP contribution is 1.96. The second kappa shape index (κ2) is 5.51. The number of nitrogens with one attached hydrogen (secondary N) is 2. The quantitative estimate of drug-likeness (QED) is 0.526. The molecule has 0 bridgehead atoms. The highest BCUT2D eigenvalue weighted by atomic mass is 15.1. The maximum absolute atomic E-state index is 3.44. The SMILES string of the molecule is CC1CNCCNCCN(C)C1. The van der Waals surface area contributed by atoms with Crippen LogP contribution in [0.15, 0.2) is 0 Å². The van der Waals surface area contributed by atoms with E-state index in [1.165, 1.54) is 13.1 Å². The molecule has 1 aliphatic heterocycles. The predicted molar refractivity (Wildman–Crippen MR) is 52.4 cm³/mol. The summed E-state index contributed by atoms with van der Waals surface area (Å²) in [6.45, 7) is 9.14. The largest absolute Gasteiger partial charge is 0.315 e. The van der Waals surface area contributed by atoms with E-state index in [0.717, 1.165) is 32.1 Å².